The molecule has 25 heavy (non-hydrogen) atoms. The molecule has 1 aromatic heterocycles. The number of thiophene rings is 1. The lowest BCUT2D eigenvalue weighted by atomic mass is 9.79. The fraction of sp³-hybridized carbons (Fsp3) is 0.625. The van der Waals surface area contributed by atoms with Gasteiger partial charge in [0.1, 0.15) is 10.5 Å². The van der Waals surface area contributed by atoms with Gasteiger partial charge in [0.2, 0.25) is 0 Å². The topological polar surface area (TPSA) is 48.6 Å². The molecular weight excluding hydrogens is 353 g/mol. The quantitative estimate of drug-likeness (QED) is 0.705. The molecule has 4 rings (SSSR count). The summed E-state index contributed by atoms with van der Waals surface area (Å²) in [6.07, 6.45) is -0.533. The van der Waals surface area contributed by atoms with Gasteiger partial charge in [-0.3, -0.25) is 5.01 Å². The normalized spacial score (nSPS) is 32.5. The monoisotopic (exact) mass is 374 g/mol. The number of rotatable bonds is 1. The Balaban J connectivity index is 1.70. The molecule has 9 heteroatoms. The van der Waals surface area contributed by atoms with Gasteiger partial charge in [-0.25, -0.2) is 0 Å². The summed E-state index contributed by atoms with van der Waals surface area (Å²) in [5.74, 6) is 0. The predicted molar refractivity (Wildman–Crippen MR) is 88.4 cm³/mol. The molecule has 0 saturated carbocycles. The highest BCUT2D eigenvalue weighted by Gasteiger charge is 2.48. The summed E-state index contributed by atoms with van der Waals surface area (Å²) in [6, 6.07) is 1.44. The van der Waals surface area contributed by atoms with Gasteiger partial charge in [0.25, 0.3) is 0 Å². The van der Waals surface area contributed by atoms with Crippen molar-refractivity contribution >= 4 is 11.3 Å². The molecule has 0 amide bonds. The second-order valence-corrected chi connectivity index (χ2v) is 8.07. The van der Waals surface area contributed by atoms with E-state index in [2.05, 4.69) is 23.2 Å². The van der Waals surface area contributed by atoms with E-state index in [1.165, 1.54) is 6.07 Å². The van der Waals surface area contributed by atoms with Crippen LogP contribution in [0, 0.1) is 0 Å². The van der Waals surface area contributed by atoms with Crippen molar-refractivity contribution in [3.05, 3.63) is 33.3 Å². The van der Waals surface area contributed by atoms with Gasteiger partial charge in [-0.2, -0.15) is 13.2 Å². The van der Waals surface area contributed by atoms with Crippen molar-refractivity contribution in [2.75, 3.05) is 13.7 Å². The van der Waals surface area contributed by atoms with Crippen molar-refractivity contribution in [2.24, 2.45) is 0 Å². The average molecular weight is 374 g/mol. The van der Waals surface area contributed by atoms with Crippen LogP contribution in [0.25, 0.3) is 0 Å². The minimum absolute atomic E-state index is 0.0106. The fourth-order valence-electron chi connectivity index (χ4n) is 4.04. The number of hydrogen-bond acceptors (Lipinski definition) is 6. The van der Waals surface area contributed by atoms with Gasteiger partial charge in [0.15, 0.2) is 0 Å². The van der Waals surface area contributed by atoms with Crippen LogP contribution in [0.2, 0.25) is 0 Å². The first-order chi connectivity index (χ1) is 11.8. The van der Waals surface area contributed by atoms with Gasteiger partial charge in [0.05, 0.1) is 18.3 Å². The Morgan fingerprint density at radius 1 is 1.36 bits per heavy atom. The Morgan fingerprint density at radius 3 is 2.84 bits per heavy atom. The number of piperidine rings is 1. The molecule has 3 atom stereocenters. The molecule has 5 nitrogen and oxygen atoms in total. The first kappa shape index (κ1) is 17.1. The standard InChI is InChI=1S/C16H21F3N4OS/c1-9-6-15(7-11(20-9)12-8-23(2)22-21-12)14-10(3-4-24-15)5-13(25-14)16(17,18)19/h5,8-9,11,20-22H,3-4,6-7H2,1-2H3/t9-,11-,15-/m0/s1. The number of hydrogen-bond donors (Lipinski definition) is 3. The zero-order valence-corrected chi connectivity index (χ0v) is 14.9. The van der Waals surface area contributed by atoms with E-state index >= 15 is 0 Å². The third kappa shape index (κ3) is 3.03. The summed E-state index contributed by atoms with van der Waals surface area (Å²) >= 11 is 0.851. The molecule has 1 fully saturated rings. The van der Waals surface area contributed by atoms with Crippen LogP contribution in [0.5, 0.6) is 0 Å². The van der Waals surface area contributed by atoms with Gasteiger partial charge in [-0.15, -0.1) is 16.9 Å². The summed E-state index contributed by atoms with van der Waals surface area (Å²) < 4.78 is 45.7. The molecule has 1 saturated heterocycles. The third-order valence-electron chi connectivity index (χ3n) is 4.99. The van der Waals surface area contributed by atoms with Gasteiger partial charge in [0, 0.05) is 30.6 Å². The minimum atomic E-state index is -4.30. The molecular formula is C16H21F3N4OS. The molecule has 3 N–H and O–H groups in total. The zero-order valence-electron chi connectivity index (χ0n) is 14.0. The Labute approximate surface area is 148 Å². The van der Waals surface area contributed by atoms with Crippen molar-refractivity contribution in [1.29, 1.82) is 0 Å². The van der Waals surface area contributed by atoms with Crippen LogP contribution in [0.3, 0.4) is 0 Å². The smallest absolute Gasteiger partial charge is 0.369 e. The summed E-state index contributed by atoms with van der Waals surface area (Å²) in [4.78, 5) is 0.231. The van der Waals surface area contributed by atoms with Crippen molar-refractivity contribution in [3.8, 4) is 0 Å². The van der Waals surface area contributed by atoms with Crippen molar-refractivity contribution in [3.63, 3.8) is 0 Å². The van der Waals surface area contributed by atoms with Crippen molar-refractivity contribution in [2.45, 2.75) is 50.0 Å². The van der Waals surface area contributed by atoms with Crippen LogP contribution >= 0.6 is 11.3 Å². The molecule has 0 unspecified atom stereocenters. The Bertz CT molecular complexity index is 704. The average Bonchev–Trinajstić information content (AvgIpc) is 3.13. The number of nitrogens with one attached hydrogen (secondary N) is 3. The highest BCUT2D eigenvalue weighted by atomic mass is 32.1. The van der Waals surface area contributed by atoms with E-state index in [9.17, 15) is 13.2 Å². The Morgan fingerprint density at radius 2 is 2.16 bits per heavy atom. The SMILES string of the molecule is C[C@H]1C[C@@]2(C[C@@H](C3=CN(C)NN3)N1)OCCc1cc(C(F)(F)F)sc12. The molecule has 1 aromatic rings. The Hall–Kier alpha value is -1.29. The summed E-state index contributed by atoms with van der Waals surface area (Å²) in [6.45, 7) is 2.52. The molecule has 4 heterocycles. The van der Waals surface area contributed by atoms with E-state index in [0.29, 0.717) is 25.9 Å². The van der Waals surface area contributed by atoms with E-state index < -0.39 is 16.7 Å². The van der Waals surface area contributed by atoms with Crippen molar-refractivity contribution < 1.29 is 17.9 Å². The molecule has 1 spiro atoms. The van der Waals surface area contributed by atoms with E-state index in [1.807, 2.05) is 18.3 Å². The molecule has 0 aliphatic carbocycles. The highest BCUT2D eigenvalue weighted by molar-refractivity contribution is 7.12. The lowest BCUT2D eigenvalue weighted by molar-refractivity contribution is -0.134. The maximum absolute atomic E-state index is 13.2. The molecule has 3 aliphatic heterocycles. The van der Waals surface area contributed by atoms with Gasteiger partial charge in [-0.1, -0.05) is 0 Å². The number of alkyl halides is 3. The van der Waals surface area contributed by atoms with E-state index in [4.69, 9.17) is 4.74 Å². The highest BCUT2D eigenvalue weighted by Crippen LogP contribution is 2.49. The van der Waals surface area contributed by atoms with Crippen molar-refractivity contribution in [1.82, 2.24) is 21.3 Å². The summed E-state index contributed by atoms with van der Waals surface area (Å²) in [7, 11) is 1.88. The molecule has 0 aromatic carbocycles. The van der Waals surface area contributed by atoms with Crippen LogP contribution in [0.4, 0.5) is 13.2 Å². The lowest BCUT2D eigenvalue weighted by Crippen LogP contribution is -2.55. The van der Waals surface area contributed by atoms with Crippen LogP contribution in [-0.2, 0) is 22.9 Å². The molecule has 0 radical (unpaired) electrons. The third-order valence-corrected chi connectivity index (χ3v) is 6.40. The number of nitrogens with zero attached hydrogens (tertiary/aromatic N) is 1. The molecule has 3 aliphatic rings. The van der Waals surface area contributed by atoms with Gasteiger partial charge in [-0.05, 0) is 31.4 Å². The second kappa shape index (κ2) is 5.87. The maximum Gasteiger partial charge on any atom is 0.425 e. The van der Waals surface area contributed by atoms with Gasteiger partial charge < -0.3 is 15.5 Å². The number of hydrazine groups is 2. The summed E-state index contributed by atoms with van der Waals surface area (Å²) in [5, 5.41) is 5.33. The number of halogens is 3. The van der Waals surface area contributed by atoms with E-state index in [-0.39, 0.29) is 12.1 Å². The lowest BCUT2D eigenvalue weighted by Gasteiger charge is -2.46. The number of fused-ring (bicyclic) bond motifs is 2. The zero-order chi connectivity index (χ0) is 17.8. The van der Waals surface area contributed by atoms with Gasteiger partial charge >= 0.3 is 6.18 Å². The van der Waals surface area contributed by atoms with E-state index in [1.54, 1.807) is 0 Å². The largest absolute Gasteiger partial charge is 0.425 e. The van der Waals surface area contributed by atoms with Crippen LogP contribution in [-0.4, -0.2) is 30.7 Å². The fourth-order valence-corrected chi connectivity index (χ4v) is 5.28. The number of ether oxygens (including phenoxy) is 1. The van der Waals surface area contributed by atoms with Crippen LogP contribution in [0.15, 0.2) is 18.0 Å². The summed E-state index contributed by atoms with van der Waals surface area (Å²) in [5.41, 5.74) is 7.20. The second-order valence-electron chi connectivity index (χ2n) is 7.02. The molecule has 0 bridgehead atoms. The maximum atomic E-state index is 13.2. The Kier molecular flexibility index (Phi) is 4.02. The first-order valence-electron chi connectivity index (χ1n) is 8.33. The first-order valence-corrected chi connectivity index (χ1v) is 9.15. The predicted octanol–water partition coefficient (Wildman–Crippen LogP) is 2.47. The van der Waals surface area contributed by atoms with Crippen LogP contribution in [0.1, 0.15) is 35.1 Å². The van der Waals surface area contributed by atoms with Crippen LogP contribution < -0.4 is 16.3 Å². The van der Waals surface area contributed by atoms with E-state index in [0.717, 1.165) is 27.5 Å². The minimum Gasteiger partial charge on any atom is -0.369 e. The molecule has 138 valence electrons.